The van der Waals surface area contributed by atoms with Gasteiger partial charge in [0.25, 0.3) is 0 Å². The van der Waals surface area contributed by atoms with Crippen molar-refractivity contribution in [2.75, 3.05) is 6.26 Å². The average molecular weight is 494 g/mol. The van der Waals surface area contributed by atoms with E-state index in [1.54, 1.807) is 17.8 Å². The van der Waals surface area contributed by atoms with Crippen LogP contribution in [0.1, 0.15) is 28.7 Å². The van der Waals surface area contributed by atoms with Crippen molar-refractivity contribution in [3.05, 3.63) is 105 Å². The van der Waals surface area contributed by atoms with Crippen LogP contribution in [0, 0.1) is 5.82 Å². The second kappa shape index (κ2) is 9.67. The molecule has 1 aliphatic carbocycles. The van der Waals surface area contributed by atoms with E-state index in [0.717, 1.165) is 37.9 Å². The molecule has 0 bridgehead atoms. The summed E-state index contributed by atoms with van der Waals surface area (Å²) in [6.45, 7) is 0.450. The van der Waals surface area contributed by atoms with Gasteiger partial charge in [-0.25, -0.2) is 4.39 Å². The number of carbonyl (C=O) groups is 1. The summed E-state index contributed by atoms with van der Waals surface area (Å²) < 4.78 is 14.9. The molecule has 0 saturated carbocycles. The van der Waals surface area contributed by atoms with Gasteiger partial charge in [0.1, 0.15) is 5.82 Å². The number of nitrogens with one attached hydrogen (secondary N) is 1. The molecule has 4 rings (SSSR count). The molecule has 0 fully saturated rings. The zero-order valence-electron chi connectivity index (χ0n) is 17.0. The normalized spacial score (nSPS) is 13.8. The minimum absolute atomic E-state index is 0.0907. The number of fused-ring (bicyclic) bond motifs is 1. The van der Waals surface area contributed by atoms with Crippen molar-refractivity contribution in [2.45, 2.75) is 17.9 Å². The molecular weight excluding hydrogens is 473 g/mol. The Hall–Kier alpha value is -2.63. The summed E-state index contributed by atoms with van der Waals surface area (Å²) in [6.07, 6.45) is 6.32. The third kappa shape index (κ3) is 5.35. The lowest BCUT2D eigenvalue weighted by Crippen LogP contribution is -2.22. The van der Waals surface area contributed by atoms with Gasteiger partial charge in [-0.2, -0.15) is 0 Å². The van der Waals surface area contributed by atoms with Crippen LogP contribution in [-0.2, 0) is 11.3 Å². The largest absolute Gasteiger partial charge is 0.352 e. The molecule has 31 heavy (non-hydrogen) atoms. The summed E-state index contributed by atoms with van der Waals surface area (Å²) in [5.74, 6) is -0.392. The van der Waals surface area contributed by atoms with Gasteiger partial charge in [0.15, 0.2) is 0 Å². The average Bonchev–Trinajstić information content (AvgIpc) is 3.09. The number of amides is 1. The van der Waals surface area contributed by atoms with Crippen LogP contribution < -0.4 is 5.32 Å². The highest BCUT2D eigenvalue weighted by molar-refractivity contribution is 9.10. The molecular formula is C26H21BrFNOS. The highest BCUT2D eigenvalue weighted by atomic mass is 79.9. The van der Waals surface area contributed by atoms with Gasteiger partial charge in [-0.15, -0.1) is 11.8 Å². The van der Waals surface area contributed by atoms with E-state index in [-0.39, 0.29) is 18.1 Å². The van der Waals surface area contributed by atoms with Crippen LogP contribution in [0.25, 0.3) is 17.2 Å². The molecule has 1 aliphatic rings. The maximum absolute atomic E-state index is 14.0. The highest BCUT2D eigenvalue weighted by Gasteiger charge is 2.21. The summed E-state index contributed by atoms with van der Waals surface area (Å²) in [4.78, 5) is 13.8. The van der Waals surface area contributed by atoms with Gasteiger partial charge in [0, 0.05) is 15.9 Å². The fourth-order valence-corrected chi connectivity index (χ4v) is 4.46. The molecule has 3 aromatic carbocycles. The first-order valence-corrected chi connectivity index (χ1v) is 11.9. The standard InChI is InChI=1S/C26H21BrFNOS/c1-31-23-8-5-17(6-9-23)11-19-13-20(25-15-22(28)7-10-24(19)25)14-26(30)29-16-18-3-2-4-21(27)12-18/h2-13,15H,14,16H2,1H3,(H,29,30)/b19-11+. The van der Waals surface area contributed by atoms with Crippen LogP contribution in [0.5, 0.6) is 0 Å². The molecule has 0 saturated heterocycles. The molecule has 0 aromatic heterocycles. The molecule has 0 atom stereocenters. The lowest BCUT2D eigenvalue weighted by atomic mass is 10.0. The van der Waals surface area contributed by atoms with Crippen LogP contribution in [0.3, 0.4) is 0 Å². The van der Waals surface area contributed by atoms with E-state index >= 15 is 0 Å². The van der Waals surface area contributed by atoms with E-state index in [1.807, 2.05) is 36.6 Å². The van der Waals surface area contributed by atoms with Crippen molar-refractivity contribution in [1.82, 2.24) is 5.32 Å². The van der Waals surface area contributed by atoms with Gasteiger partial charge in [0.05, 0.1) is 6.42 Å². The quantitative estimate of drug-likeness (QED) is 0.376. The molecule has 0 aliphatic heterocycles. The smallest absolute Gasteiger partial charge is 0.224 e. The molecule has 1 N–H and O–H groups in total. The Bertz CT molecular complexity index is 1180. The molecule has 5 heteroatoms. The molecule has 0 unspecified atom stereocenters. The Kier molecular flexibility index (Phi) is 6.73. The second-order valence-corrected chi connectivity index (χ2v) is 9.11. The first-order valence-electron chi connectivity index (χ1n) is 9.89. The Morgan fingerprint density at radius 2 is 1.87 bits per heavy atom. The minimum atomic E-state index is -0.301. The van der Waals surface area contributed by atoms with Crippen molar-refractivity contribution in [1.29, 1.82) is 0 Å². The Balaban J connectivity index is 1.54. The second-order valence-electron chi connectivity index (χ2n) is 7.32. The summed E-state index contributed by atoms with van der Waals surface area (Å²) in [6, 6.07) is 20.9. The Morgan fingerprint density at radius 3 is 2.61 bits per heavy atom. The number of allylic oxidation sites excluding steroid dienone is 2. The fourth-order valence-electron chi connectivity index (χ4n) is 3.61. The molecule has 156 valence electrons. The highest BCUT2D eigenvalue weighted by Crippen LogP contribution is 2.38. The predicted octanol–water partition coefficient (Wildman–Crippen LogP) is 6.95. The SMILES string of the molecule is CSc1ccc(/C=C2\C=C(CC(=O)NCc3cccc(Br)c3)c3cc(F)ccc32)cc1. The van der Waals surface area contributed by atoms with Crippen LogP contribution >= 0.6 is 27.7 Å². The zero-order chi connectivity index (χ0) is 21.8. The Labute approximate surface area is 194 Å². The van der Waals surface area contributed by atoms with E-state index in [2.05, 4.69) is 51.6 Å². The van der Waals surface area contributed by atoms with E-state index in [0.29, 0.717) is 6.54 Å². The Morgan fingerprint density at radius 1 is 1.06 bits per heavy atom. The summed E-state index contributed by atoms with van der Waals surface area (Å²) >= 11 is 5.14. The first kappa shape index (κ1) is 21.6. The van der Waals surface area contributed by atoms with Crippen LogP contribution in [0.2, 0.25) is 0 Å². The molecule has 3 aromatic rings. The lowest BCUT2D eigenvalue weighted by Gasteiger charge is -2.08. The zero-order valence-corrected chi connectivity index (χ0v) is 19.4. The third-order valence-electron chi connectivity index (χ3n) is 5.14. The monoisotopic (exact) mass is 493 g/mol. The van der Waals surface area contributed by atoms with Crippen molar-refractivity contribution in [2.24, 2.45) is 0 Å². The first-order chi connectivity index (χ1) is 15.0. The van der Waals surface area contributed by atoms with Gasteiger partial charge in [-0.05, 0) is 88.2 Å². The molecule has 2 nitrogen and oxygen atoms in total. The van der Waals surface area contributed by atoms with Crippen LogP contribution in [-0.4, -0.2) is 12.2 Å². The minimum Gasteiger partial charge on any atom is -0.352 e. The van der Waals surface area contributed by atoms with Gasteiger partial charge in [0.2, 0.25) is 5.91 Å². The van der Waals surface area contributed by atoms with Crippen molar-refractivity contribution >= 4 is 50.8 Å². The number of hydrogen-bond donors (Lipinski definition) is 1. The molecule has 0 radical (unpaired) electrons. The van der Waals surface area contributed by atoms with Crippen molar-refractivity contribution < 1.29 is 9.18 Å². The van der Waals surface area contributed by atoms with Crippen molar-refractivity contribution in [3.8, 4) is 0 Å². The van der Waals surface area contributed by atoms with Gasteiger partial charge in [-0.3, -0.25) is 4.79 Å². The number of benzene rings is 3. The van der Waals surface area contributed by atoms with Crippen molar-refractivity contribution in [3.63, 3.8) is 0 Å². The fraction of sp³-hybridized carbons (Fsp3) is 0.115. The number of halogens is 2. The molecule has 1 amide bonds. The summed E-state index contributed by atoms with van der Waals surface area (Å²) in [5.41, 5.74) is 5.63. The number of thioether (sulfide) groups is 1. The summed E-state index contributed by atoms with van der Waals surface area (Å²) in [7, 11) is 0. The van der Waals surface area contributed by atoms with E-state index in [4.69, 9.17) is 0 Å². The third-order valence-corrected chi connectivity index (χ3v) is 6.37. The number of rotatable bonds is 6. The van der Waals surface area contributed by atoms with Crippen LogP contribution in [0.4, 0.5) is 4.39 Å². The van der Waals surface area contributed by atoms with E-state index in [9.17, 15) is 9.18 Å². The molecule has 0 spiro atoms. The number of carbonyl (C=O) groups excluding carboxylic acids is 1. The van der Waals surface area contributed by atoms with Gasteiger partial charge >= 0.3 is 0 Å². The van der Waals surface area contributed by atoms with Crippen LogP contribution in [0.15, 0.2) is 82.2 Å². The lowest BCUT2D eigenvalue weighted by molar-refractivity contribution is -0.120. The topological polar surface area (TPSA) is 29.1 Å². The summed E-state index contributed by atoms with van der Waals surface area (Å²) in [5, 5.41) is 2.96. The van der Waals surface area contributed by atoms with E-state index < -0.39 is 0 Å². The number of hydrogen-bond acceptors (Lipinski definition) is 2. The maximum atomic E-state index is 14.0. The molecule has 0 heterocycles. The van der Waals surface area contributed by atoms with E-state index in [1.165, 1.54) is 17.0 Å². The van der Waals surface area contributed by atoms with Gasteiger partial charge < -0.3 is 5.32 Å². The predicted molar refractivity (Wildman–Crippen MR) is 131 cm³/mol. The maximum Gasteiger partial charge on any atom is 0.224 e. The van der Waals surface area contributed by atoms with Gasteiger partial charge in [-0.1, -0.05) is 46.3 Å².